The highest BCUT2D eigenvalue weighted by Gasteiger charge is 2.44. The predicted octanol–water partition coefficient (Wildman–Crippen LogP) is 2.95. The second-order valence-electron chi connectivity index (χ2n) is 6.38. The molecule has 0 radical (unpaired) electrons. The number of hydrogen-bond donors (Lipinski definition) is 2. The molecule has 3 N–H and O–H groups in total. The largest absolute Gasteiger partial charge is 0.364 e. The molecule has 1 fully saturated rings. The lowest BCUT2D eigenvalue weighted by atomic mass is 9.76. The number of H-pyrrole nitrogens is 1. The number of nitrogens with zero attached hydrogens (tertiary/aromatic N) is 1. The zero-order chi connectivity index (χ0) is 17.5. The van der Waals surface area contributed by atoms with Crippen LogP contribution in [0.2, 0.25) is 0 Å². The monoisotopic (exact) mass is 335 g/mol. The molecule has 128 valence electrons. The summed E-state index contributed by atoms with van der Waals surface area (Å²) in [5.74, 6) is -4.55. The van der Waals surface area contributed by atoms with Gasteiger partial charge in [-0.25, -0.2) is 8.78 Å². The van der Waals surface area contributed by atoms with E-state index in [2.05, 4.69) is 9.97 Å². The molecule has 24 heavy (non-hydrogen) atoms. The number of halogens is 2. The number of pyridine rings is 2. The molecule has 0 spiro atoms. The molecule has 2 atom stereocenters. The van der Waals surface area contributed by atoms with E-state index in [1.54, 1.807) is 13.0 Å². The zero-order valence-corrected chi connectivity index (χ0v) is 13.3. The van der Waals surface area contributed by atoms with Gasteiger partial charge >= 0.3 is 0 Å². The molecule has 0 saturated heterocycles. The van der Waals surface area contributed by atoms with Crippen molar-refractivity contribution in [2.75, 3.05) is 0 Å². The van der Waals surface area contributed by atoms with Gasteiger partial charge in [-0.05, 0) is 25.3 Å². The molecule has 5 nitrogen and oxygen atoms in total. The van der Waals surface area contributed by atoms with Gasteiger partial charge in [0.2, 0.25) is 0 Å². The Hall–Kier alpha value is -2.31. The van der Waals surface area contributed by atoms with Crippen molar-refractivity contribution in [3.05, 3.63) is 39.9 Å². The lowest BCUT2D eigenvalue weighted by molar-refractivity contribution is -0.0931. The van der Waals surface area contributed by atoms with E-state index in [1.807, 2.05) is 0 Å². The number of nitrogens with two attached hydrogens (primary N) is 1. The molecule has 1 unspecified atom stereocenters. The topological polar surface area (TPSA) is 88.8 Å². The molecule has 0 bridgehead atoms. The third kappa shape index (κ3) is 2.79. The third-order valence-corrected chi connectivity index (χ3v) is 4.91. The maximum absolute atomic E-state index is 14.2. The van der Waals surface area contributed by atoms with Crippen molar-refractivity contribution >= 4 is 16.8 Å². The summed E-state index contributed by atoms with van der Waals surface area (Å²) in [6.07, 6.45) is 2.56. The number of alkyl halides is 2. The maximum atomic E-state index is 14.2. The van der Waals surface area contributed by atoms with E-state index in [4.69, 9.17) is 5.73 Å². The van der Waals surface area contributed by atoms with Crippen molar-refractivity contribution in [2.24, 2.45) is 11.7 Å². The highest BCUT2D eigenvalue weighted by molar-refractivity contribution is 6.03. The number of amides is 1. The summed E-state index contributed by atoms with van der Waals surface area (Å²) in [7, 11) is 0. The van der Waals surface area contributed by atoms with Gasteiger partial charge in [0.05, 0.1) is 10.9 Å². The second-order valence-corrected chi connectivity index (χ2v) is 6.38. The van der Waals surface area contributed by atoms with Crippen molar-refractivity contribution in [1.82, 2.24) is 9.97 Å². The van der Waals surface area contributed by atoms with E-state index in [0.29, 0.717) is 30.5 Å². The fourth-order valence-electron chi connectivity index (χ4n) is 3.61. The predicted molar refractivity (Wildman–Crippen MR) is 86.2 cm³/mol. The minimum absolute atomic E-state index is 0.0998. The highest BCUT2D eigenvalue weighted by Crippen LogP contribution is 2.46. The van der Waals surface area contributed by atoms with Crippen LogP contribution < -0.4 is 11.2 Å². The van der Waals surface area contributed by atoms with Gasteiger partial charge in [-0.2, -0.15) is 0 Å². The fraction of sp³-hybridized carbons (Fsp3) is 0.471. The number of primary amides is 1. The standard InChI is InChI=1S/C17H19F2N3O2/c1-2-10-4-3-9(8-17(10,18)19)12-7-13(23)14-11(22-12)5-6-21-15(14)16(20)24/h5-7,9-10H,2-4,8H2,1H3,(H2,20,24)(H,22,23)/t9-,10?/m0/s1. The summed E-state index contributed by atoms with van der Waals surface area (Å²) in [5, 5.41) is 0.0998. The molecule has 3 rings (SSSR count). The Morgan fingerprint density at radius 1 is 1.46 bits per heavy atom. The number of carbonyl (C=O) groups is 1. The van der Waals surface area contributed by atoms with E-state index in [1.165, 1.54) is 12.3 Å². The minimum Gasteiger partial charge on any atom is -0.364 e. The first-order chi connectivity index (χ1) is 11.3. The molecule has 7 heteroatoms. The van der Waals surface area contributed by atoms with Gasteiger partial charge in [0.15, 0.2) is 5.43 Å². The Kier molecular flexibility index (Phi) is 4.11. The number of nitrogens with one attached hydrogen (secondary N) is 1. The Bertz CT molecular complexity index is 847. The molecule has 0 aromatic carbocycles. The van der Waals surface area contributed by atoms with Crippen molar-refractivity contribution in [3.8, 4) is 0 Å². The van der Waals surface area contributed by atoms with Crippen molar-refractivity contribution < 1.29 is 13.6 Å². The van der Waals surface area contributed by atoms with Crippen molar-refractivity contribution in [2.45, 2.75) is 44.4 Å². The van der Waals surface area contributed by atoms with Crippen LogP contribution >= 0.6 is 0 Å². The van der Waals surface area contributed by atoms with Gasteiger partial charge in [-0.15, -0.1) is 0 Å². The zero-order valence-electron chi connectivity index (χ0n) is 13.3. The summed E-state index contributed by atoms with van der Waals surface area (Å²) in [6.45, 7) is 1.77. The van der Waals surface area contributed by atoms with Crippen LogP contribution in [0.5, 0.6) is 0 Å². The molecule has 1 aliphatic carbocycles. The first kappa shape index (κ1) is 16.5. The van der Waals surface area contributed by atoms with E-state index < -0.39 is 29.1 Å². The Labute approximate surface area is 137 Å². The Morgan fingerprint density at radius 2 is 2.21 bits per heavy atom. The molecular formula is C17H19F2N3O2. The summed E-state index contributed by atoms with van der Waals surface area (Å²) in [5.41, 5.74) is 5.57. The average Bonchev–Trinajstić information content (AvgIpc) is 2.53. The smallest absolute Gasteiger partial charge is 0.268 e. The number of hydrogen-bond acceptors (Lipinski definition) is 3. The van der Waals surface area contributed by atoms with Crippen LogP contribution in [0, 0.1) is 5.92 Å². The first-order valence-electron chi connectivity index (χ1n) is 8.03. The molecular weight excluding hydrogens is 316 g/mol. The SMILES string of the molecule is CCC1CC[C@H](c2cc(=O)c3c(C(N)=O)nccc3[nH]2)CC1(F)F. The van der Waals surface area contributed by atoms with Gasteiger partial charge in [-0.1, -0.05) is 6.92 Å². The number of fused-ring (bicyclic) bond motifs is 1. The molecule has 1 amide bonds. The lowest BCUT2D eigenvalue weighted by Gasteiger charge is -2.35. The Morgan fingerprint density at radius 3 is 2.83 bits per heavy atom. The molecule has 2 aromatic heterocycles. The van der Waals surface area contributed by atoms with Crippen LogP contribution in [0.25, 0.3) is 10.9 Å². The number of aromatic amines is 1. The number of rotatable bonds is 3. The third-order valence-electron chi connectivity index (χ3n) is 4.91. The van der Waals surface area contributed by atoms with Crippen molar-refractivity contribution in [1.29, 1.82) is 0 Å². The van der Waals surface area contributed by atoms with Gasteiger partial charge < -0.3 is 10.7 Å². The fourth-order valence-corrected chi connectivity index (χ4v) is 3.61. The van der Waals surface area contributed by atoms with Gasteiger partial charge in [-0.3, -0.25) is 14.6 Å². The maximum Gasteiger partial charge on any atom is 0.268 e. The van der Waals surface area contributed by atoms with Gasteiger partial charge in [0, 0.05) is 36.2 Å². The van der Waals surface area contributed by atoms with E-state index in [0.717, 1.165) is 0 Å². The first-order valence-corrected chi connectivity index (χ1v) is 8.03. The van der Waals surface area contributed by atoms with Crippen LogP contribution in [0.4, 0.5) is 8.78 Å². The van der Waals surface area contributed by atoms with Gasteiger partial charge in [0.1, 0.15) is 5.69 Å². The molecule has 1 aliphatic rings. The molecule has 1 saturated carbocycles. The van der Waals surface area contributed by atoms with Crippen LogP contribution in [0.3, 0.4) is 0 Å². The van der Waals surface area contributed by atoms with E-state index >= 15 is 0 Å². The van der Waals surface area contributed by atoms with E-state index in [-0.39, 0.29) is 17.5 Å². The highest BCUT2D eigenvalue weighted by atomic mass is 19.3. The van der Waals surface area contributed by atoms with Crippen LogP contribution in [-0.2, 0) is 0 Å². The summed E-state index contributed by atoms with van der Waals surface area (Å²) in [4.78, 5) is 30.7. The molecule has 2 aromatic rings. The van der Waals surface area contributed by atoms with Crippen molar-refractivity contribution in [3.63, 3.8) is 0 Å². The average molecular weight is 335 g/mol. The summed E-state index contributed by atoms with van der Waals surface area (Å²) < 4.78 is 28.5. The minimum atomic E-state index is -2.74. The number of aromatic nitrogens is 2. The summed E-state index contributed by atoms with van der Waals surface area (Å²) >= 11 is 0. The quantitative estimate of drug-likeness (QED) is 0.904. The van der Waals surface area contributed by atoms with Crippen LogP contribution in [0.15, 0.2) is 23.1 Å². The van der Waals surface area contributed by atoms with Crippen LogP contribution in [-0.4, -0.2) is 21.8 Å². The molecule has 2 heterocycles. The number of carbonyl (C=O) groups excluding carboxylic acids is 1. The van der Waals surface area contributed by atoms with Gasteiger partial charge in [0.25, 0.3) is 11.8 Å². The second kappa shape index (κ2) is 5.96. The Balaban J connectivity index is 2.03. The summed E-state index contributed by atoms with van der Waals surface area (Å²) in [6, 6.07) is 2.84. The van der Waals surface area contributed by atoms with Crippen LogP contribution in [0.1, 0.15) is 54.7 Å². The van der Waals surface area contributed by atoms with E-state index in [9.17, 15) is 18.4 Å². The lowest BCUT2D eigenvalue weighted by Crippen LogP contribution is -2.35. The molecule has 0 aliphatic heterocycles. The normalized spacial score (nSPS) is 23.3.